The van der Waals surface area contributed by atoms with E-state index in [0.717, 1.165) is 25.7 Å². The predicted octanol–water partition coefficient (Wildman–Crippen LogP) is -0.468. The van der Waals surface area contributed by atoms with E-state index in [-0.39, 0.29) is 13.0 Å². The molecular weight excluding hydrogens is 260 g/mol. The number of carboxylic acids is 1. The highest BCUT2D eigenvalue weighted by atomic mass is 32.2. The lowest BCUT2D eigenvalue weighted by atomic mass is 10.2. The van der Waals surface area contributed by atoms with E-state index in [1.54, 1.807) is 0 Å². The summed E-state index contributed by atoms with van der Waals surface area (Å²) in [7, 11) is -3.55. The minimum atomic E-state index is -3.55. The second-order valence-corrected chi connectivity index (χ2v) is 6.11. The maximum Gasteiger partial charge on any atom is 0.332 e. The maximum absolute atomic E-state index is 11.9. The van der Waals surface area contributed by atoms with E-state index < -0.39 is 22.3 Å². The van der Waals surface area contributed by atoms with Gasteiger partial charge in [0.2, 0.25) is 0 Å². The molecule has 1 heterocycles. The summed E-state index contributed by atoms with van der Waals surface area (Å²) in [6.07, 6.45) is 2.09. The van der Waals surface area contributed by atoms with Crippen LogP contribution < -0.4 is 4.72 Å². The molecule has 7 nitrogen and oxygen atoms in total. The van der Waals surface area contributed by atoms with Gasteiger partial charge in [-0.2, -0.15) is 12.7 Å². The van der Waals surface area contributed by atoms with Crippen LogP contribution in [-0.4, -0.2) is 54.6 Å². The highest BCUT2D eigenvalue weighted by Crippen LogP contribution is 2.12. The number of carbonyl (C=O) groups is 1. The third-order valence-corrected chi connectivity index (χ3v) is 4.51. The monoisotopic (exact) mass is 280 g/mol. The van der Waals surface area contributed by atoms with Crippen molar-refractivity contribution in [3.8, 4) is 0 Å². The van der Waals surface area contributed by atoms with Gasteiger partial charge in [-0.1, -0.05) is 12.8 Å². The molecule has 1 saturated heterocycles. The van der Waals surface area contributed by atoms with Crippen LogP contribution in [0.25, 0.3) is 0 Å². The Balaban J connectivity index is 2.41. The average molecular weight is 280 g/mol. The quantitative estimate of drug-likeness (QED) is 0.610. The van der Waals surface area contributed by atoms with E-state index in [1.165, 1.54) is 4.31 Å². The summed E-state index contributed by atoms with van der Waals surface area (Å²) >= 11 is 0. The molecule has 0 aromatic heterocycles. The molecule has 18 heavy (non-hydrogen) atoms. The van der Waals surface area contributed by atoms with Crippen molar-refractivity contribution in [2.75, 3.05) is 19.6 Å². The predicted molar refractivity (Wildman–Crippen MR) is 65.2 cm³/mol. The van der Waals surface area contributed by atoms with Crippen LogP contribution >= 0.6 is 0 Å². The summed E-state index contributed by atoms with van der Waals surface area (Å²) in [5.41, 5.74) is 0. The van der Waals surface area contributed by atoms with Crippen LogP contribution in [0, 0.1) is 0 Å². The van der Waals surface area contributed by atoms with Gasteiger partial charge in [0.15, 0.2) is 6.10 Å². The van der Waals surface area contributed by atoms with Crippen LogP contribution in [0.4, 0.5) is 0 Å². The van der Waals surface area contributed by atoms with Crippen molar-refractivity contribution in [1.29, 1.82) is 0 Å². The molecule has 1 atom stereocenters. The van der Waals surface area contributed by atoms with Gasteiger partial charge in [0, 0.05) is 19.6 Å². The molecule has 0 aliphatic carbocycles. The second kappa shape index (κ2) is 7.03. The van der Waals surface area contributed by atoms with Crippen LogP contribution in [0.15, 0.2) is 0 Å². The van der Waals surface area contributed by atoms with Gasteiger partial charge >= 0.3 is 5.97 Å². The summed E-state index contributed by atoms with van der Waals surface area (Å²) < 4.78 is 27.5. The molecule has 1 aliphatic rings. The van der Waals surface area contributed by atoms with Crippen molar-refractivity contribution in [2.45, 2.75) is 38.2 Å². The number of aliphatic hydroxyl groups is 1. The summed E-state index contributed by atoms with van der Waals surface area (Å²) in [4.78, 5) is 10.4. The minimum Gasteiger partial charge on any atom is -0.479 e. The molecule has 0 aromatic rings. The van der Waals surface area contributed by atoms with Crippen molar-refractivity contribution in [2.24, 2.45) is 0 Å². The number of hydrogen-bond acceptors (Lipinski definition) is 4. The van der Waals surface area contributed by atoms with E-state index in [9.17, 15) is 13.2 Å². The molecule has 1 aliphatic heterocycles. The standard InChI is InChI=1S/C10H20N2O5S/c13-9(10(14)15)5-6-11-18(16,17)12-7-3-1-2-4-8-12/h9,11,13H,1-8H2,(H,14,15)/t9-/m0/s1. The average Bonchev–Trinajstić information content (AvgIpc) is 2.57. The summed E-state index contributed by atoms with van der Waals surface area (Å²) in [5.74, 6) is -1.34. The fraction of sp³-hybridized carbons (Fsp3) is 0.900. The first kappa shape index (κ1) is 15.4. The number of nitrogens with zero attached hydrogens (tertiary/aromatic N) is 1. The van der Waals surface area contributed by atoms with Gasteiger partial charge in [-0.15, -0.1) is 0 Å². The summed E-state index contributed by atoms with van der Waals surface area (Å²) in [6, 6.07) is 0. The number of carboxylic acid groups (broad SMARTS) is 1. The highest BCUT2D eigenvalue weighted by molar-refractivity contribution is 7.87. The summed E-state index contributed by atoms with van der Waals surface area (Å²) in [5, 5.41) is 17.5. The molecule has 0 saturated carbocycles. The van der Waals surface area contributed by atoms with E-state index in [2.05, 4.69) is 4.72 Å². The van der Waals surface area contributed by atoms with Gasteiger partial charge in [-0.3, -0.25) is 0 Å². The first-order chi connectivity index (χ1) is 8.43. The third-order valence-electron chi connectivity index (χ3n) is 2.89. The molecular formula is C10H20N2O5S. The van der Waals surface area contributed by atoms with Crippen LogP contribution in [0.1, 0.15) is 32.1 Å². The molecule has 1 rings (SSSR count). The molecule has 0 unspecified atom stereocenters. The lowest BCUT2D eigenvalue weighted by Crippen LogP contribution is -2.42. The third kappa shape index (κ3) is 4.89. The topological polar surface area (TPSA) is 107 Å². The number of hydrogen-bond donors (Lipinski definition) is 3. The maximum atomic E-state index is 11.9. The fourth-order valence-electron chi connectivity index (χ4n) is 1.82. The Labute approximate surface area is 107 Å². The minimum absolute atomic E-state index is 0.0771. The van der Waals surface area contributed by atoms with E-state index >= 15 is 0 Å². The van der Waals surface area contributed by atoms with Crippen LogP contribution in [0.5, 0.6) is 0 Å². The van der Waals surface area contributed by atoms with Gasteiger partial charge in [-0.05, 0) is 19.3 Å². The Hall–Kier alpha value is -0.700. The zero-order valence-corrected chi connectivity index (χ0v) is 11.0. The first-order valence-corrected chi connectivity index (χ1v) is 7.53. The molecule has 0 amide bonds. The molecule has 1 fully saturated rings. The summed E-state index contributed by atoms with van der Waals surface area (Å²) in [6.45, 7) is 0.917. The first-order valence-electron chi connectivity index (χ1n) is 6.09. The van der Waals surface area contributed by atoms with Crippen LogP contribution in [0.2, 0.25) is 0 Å². The van der Waals surface area contributed by atoms with Gasteiger partial charge < -0.3 is 10.2 Å². The van der Waals surface area contributed by atoms with E-state index in [1.807, 2.05) is 0 Å². The smallest absolute Gasteiger partial charge is 0.332 e. The van der Waals surface area contributed by atoms with Crippen molar-refractivity contribution < 1.29 is 23.4 Å². The molecule has 0 radical (unpaired) electrons. The Morgan fingerprint density at radius 1 is 1.22 bits per heavy atom. The zero-order chi connectivity index (χ0) is 13.6. The lowest BCUT2D eigenvalue weighted by Gasteiger charge is -2.20. The van der Waals surface area contributed by atoms with E-state index in [4.69, 9.17) is 10.2 Å². The Kier molecular flexibility index (Phi) is 6.00. The molecule has 8 heteroatoms. The van der Waals surface area contributed by atoms with Crippen molar-refractivity contribution in [1.82, 2.24) is 9.03 Å². The molecule has 0 spiro atoms. The van der Waals surface area contributed by atoms with Gasteiger partial charge in [0.05, 0.1) is 0 Å². The van der Waals surface area contributed by atoms with Gasteiger partial charge in [0.25, 0.3) is 10.2 Å². The van der Waals surface area contributed by atoms with Crippen LogP contribution in [-0.2, 0) is 15.0 Å². The van der Waals surface area contributed by atoms with E-state index in [0.29, 0.717) is 13.1 Å². The number of aliphatic carboxylic acids is 1. The van der Waals surface area contributed by atoms with Crippen molar-refractivity contribution >= 4 is 16.2 Å². The van der Waals surface area contributed by atoms with Gasteiger partial charge in [-0.25, -0.2) is 9.52 Å². The number of aliphatic hydroxyl groups excluding tert-OH is 1. The second-order valence-electron chi connectivity index (χ2n) is 4.36. The number of rotatable bonds is 6. The molecule has 0 bridgehead atoms. The fourth-order valence-corrected chi connectivity index (χ4v) is 3.12. The normalized spacial score (nSPS) is 20.3. The van der Waals surface area contributed by atoms with Crippen molar-refractivity contribution in [3.05, 3.63) is 0 Å². The highest BCUT2D eigenvalue weighted by Gasteiger charge is 2.23. The van der Waals surface area contributed by atoms with Gasteiger partial charge in [0.1, 0.15) is 0 Å². The largest absolute Gasteiger partial charge is 0.479 e. The Bertz CT molecular complexity index is 362. The molecule has 3 N–H and O–H groups in total. The number of nitrogens with one attached hydrogen (secondary N) is 1. The lowest BCUT2D eigenvalue weighted by molar-refractivity contribution is -0.146. The van der Waals surface area contributed by atoms with Crippen molar-refractivity contribution in [3.63, 3.8) is 0 Å². The molecule has 0 aromatic carbocycles. The van der Waals surface area contributed by atoms with Crippen LogP contribution in [0.3, 0.4) is 0 Å². The Morgan fingerprint density at radius 2 is 1.78 bits per heavy atom. The Morgan fingerprint density at radius 3 is 2.28 bits per heavy atom. The molecule has 106 valence electrons. The zero-order valence-electron chi connectivity index (χ0n) is 10.2. The SMILES string of the molecule is O=C(O)[C@@H](O)CCNS(=O)(=O)N1CCCCCC1.